The van der Waals surface area contributed by atoms with Gasteiger partial charge in [-0.1, -0.05) is 361 Å². The molecule has 83 heavy (non-hydrogen) atoms. The van der Waals surface area contributed by atoms with E-state index in [1.54, 1.807) is 0 Å². The largest absolute Gasteiger partial charge is 0.756 e. The third-order valence-electron chi connectivity index (χ3n) is 17.2. The lowest BCUT2D eigenvalue weighted by Gasteiger charge is -2.30. The number of nitrogens with zero attached hydrogens (tertiary/aromatic N) is 1. The minimum Gasteiger partial charge on any atom is -0.756 e. The number of carbonyl (C=O) groups is 2. The van der Waals surface area contributed by atoms with Gasteiger partial charge in [0.25, 0.3) is 7.82 Å². The number of phosphoric ester groups is 1. The molecule has 3 atom stereocenters. The number of phosphoric acid groups is 1. The molecule has 10 heteroatoms. The van der Waals surface area contributed by atoms with E-state index in [1.807, 2.05) is 33.3 Å². The Labute approximate surface area is 518 Å². The van der Waals surface area contributed by atoms with Crippen LogP contribution in [0.5, 0.6) is 0 Å². The number of esters is 1. The molecule has 0 fully saturated rings. The lowest BCUT2D eigenvalue weighted by Crippen LogP contribution is -2.47. The first-order chi connectivity index (χ1) is 40.4. The Kier molecular flexibility index (Phi) is 62.8. The van der Waals surface area contributed by atoms with E-state index >= 15 is 0 Å². The molecule has 0 aliphatic carbocycles. The van der Waals surface area contributed by atoms with Crippen molar-refractivity contribution in [3.8, 4) is 0 Å². The molecule has 0 saturated heterocycles. The molecule has 0 aliphatic heterocycles. The lowest BCUT2D eigenvalue weighted by molar-refractivity contribution is -0.870. The molecular formula is C73H145N2O7P. The number of unbranched alkanes of at least 4 members (excludes halogenated alkanes) is 53. The summed E-state index contributed by atoms with van der Waals surface area (Å²) in [5.74, 6) is -0.512. The van der Waals surface area contributed by atoms with E-state index in [4.69, 9.17) is 13.8 Å². The average Bonchev–Trinajstić information content (AvgIpc) is 3.51. The summed E-state index contributed by atoms with van der Waals surface area (Å²) in [6.07, 6.45) is 76.4. The summed E-state index contributed by atoms with van der Waals surface area (Å²) in [5.41, 5.74) is 0. The Morgan fingerprint density at radius 1 is 0.410 bits per heavy atom. The minimum atomic E-state index is -4.70. The van der Waals surface area contributed by atoms with Crippen molar-refractivity contribution in [2.75, 3.05) is 40.9 Å². The maximum Gasteiger partial charge on any atom is 0.306 e. The molecule has 0 rings (SSSR count). The molecule has 0 aromatic heterocycles. The third kappa shape index (κ3) is 65.0. The van der Waals surface area contributed by atoms with Crippen LogP contribution in [0.4, 0.5) is 0 Å². The zero-order chi connectivity index (χ0) is 60.7. The summed E-state index contributed by atoms with van der Waals surface area (Å²) in [4.78, 5) is 40.2. The van der Waals surface area contributed by atoms with Crippen LogP contribution in [-0.2, 0) is 27.9 Å². The fourth-order valence-electron chi connectivity index (χ4n) is 11.5. The molecule has 1 N–H and O–H groups in total. The summed E-state index contributed by atoms with van der Waals surface area (Å²) in [7, 11) is 1.21. The molecule has 0 radical (unpaired) electrons. The van der Waals surface area contributed by atoms with Crippen molar-refractivity contribution in [1.29, 1.82) is 0 Å². The van der Waals surface area contributed by atoms with Crippen molar-refractivity contribution in [3.05, 3.63) is 12.2 Å². The van der Waals surface area contributed by atoms with E-state index < -0.39 is 20.0 Å². The lowest BCUT2D eigenvalue weighted by atomic mass is 10.0. The van der Waals surface area contributed by atoms with Gasteiger partial charge in [0, 0.05) is 12.8 Å². The number of ether oxygens (including phenoxy) is 1. The van der Waals surface area contributed by atoms with Crippen LogP contribution in [0.15, 0.2) is 12.2 Å². The van der Waals surface area contributed by atoms with Gasteiger partial charge in [-0.15, -0.1) is 0 Å². The van der Waals surface area contributed by atoms with Gasteiger partial charge in [-0.2, -0.15) is 0 Å². The van der Waals surface area contributed by atoms with Crippen molar-refractivity contribution < 1.29 is 37.3 Å². The van der Waals surface area contributed by atoms with Crippen LogP contribution in [0, 0.1) is 0 Å². The van der Waals surface area contributed by atoms with E-state index in [-0.39, 0.29) is 31.5 Å². The van der Waals surface area contributed by atoms with Crippen molar-refractivity contribution in [3.63, 3.8) is 0 Å². The van der Waals surface area contributed by atoms with Gasteiger partial charge in [0.15, 0.2) is 0 Å². The van der Waals surface area contributed by atoms with Crippen LogP contribution < -0.4 is 10.2 Å². The first kappa shape index (κ1) is 81.8. The number of quaternary nitrogens is 1. The third-order valence-corrected chi connectivity index (χ3v) is 18.2. The standard InChI is InChI=1S/C73H145N2O7P/c1-7-10-13-16-19-22-25-27-29-31-33-35-37-39-41-43-45-47-50-53-56-59-62-65-72(76)74-70(69-81-83(78,79)80-68-67-75(4,5)6)71(64-61-58-55-52-49-24-21-18-15-12-9-3)82-73(77)66-63-60-57-54-51-48-46-44-42-40-38-36-34-32-30-28-26-23-20-17-14-11-8-2/h61,64,70-71H,7-60,62-63,65-69H2,1-6H3,(H-,74,76,78,79)/b64-61+. The summed E-state index contributed by atoms with van der Waals surface area (Å²) < 4.78 is 30.5. The molecule has 0 aliphatic rings. The van der Waals surface area contributed by atoms with E-state index in [1.165, 1.54) is 302 Å². The highest BCUT2D eigenvalue weighted by molar-refractivity contribution is 7.45. The van der Waals surface area contributed by atoms with Crippen LogP contribution >= 0.6 is 7.82 Å². The van der Waals surface area contributed by atoms with Gasteiger partial charge in [0.1, 0.15) is 19.3 Å². The number of carbonyl (C=O) groups excluding carboxylic acids is 2. The number of hydrogen-bond acceptors (Lipinski definition) is 7. The van der Waals surface area contributed by atoms with Crippen molar-refractivity contribution in [2.24, 2.45) is 0 Å². The molecule has 0 spiro atoms. The minimum absolute atomic E-state index is 0.0164. The number of rotatable bonds is 69. The zero-order valence-electron chi connectivity index (χ0n) is 56.7. The van der Waals surface area contributed by atoms with Crippen LogP contribution in [-0.4, -0.2) is 69.4 Å². The predicted octanol–water partition coefficient (Wildman–Crippen LogP) is 22.8. The Hall–Kier alpha value is -1.25. The normalized spacial score (nSPS) is 13.5. The first-order valence-corrected chi connectivity index (χ1v) is 38.5. The van der Waals surface area contributed by atoms with E-state index in [9.17, 15) is 19.0 Å². The van der Waals surface area contributed by atoms with Gasteiger partial charge in [0.2, 0.25) is 5.91 Å². The van der Waals surface area contributed by atoms with Gasteiger partial charge in [-0.05, 0) is 31.8 Å². The number of nitrogens with one attached hydrogen (secondary N) is 1. The Morgan fingerprint density at radius 3 is 0.988 bits per heavy atom. The van der Waals surface area contributed by atoms with Gasteiger partial charge in [-0.25, -0.2) is 0 Å². The Balaban J connectivity index is 4.93. The quantitative estimate of drug-likeness (QED) is 0.0212. The van der Waals surface area contributed by atoms with E-state index in [0.717, 1.165) is 57.8 Å². The molecule has 9 nitrogen and oxygen atoms in total. The molecule has 0 heterocycles. The summed E-state index contributed by atoms with van der Waals surface area (Å²) in [6.45, 7) is 6.93. The molecule has 0 aromatic carbocycles. The molecule has 0 bridgehead atoms. The second-order valence-electron chi connectivity index (χ2n) is 26.8. The summed E-state index contributed by atoms with van der Waals surface area (Å²) in [5, 5.41) is 3.05. The fraction of sp³-hybridized carbons (Fsp3) is 0.945. The maximum atomic E-state index is 13.6. The van der Waals surface area contributed by atoms with Crippen molar-refractivity contribution in [1.82, 2.24) is 5.32 Å². The number of allylic oxidation sites excluding steroid dienone is 1. The molecule has 494 valence electrons. The fourth-order valence-corrected chi connectivity index (χ4v) is 12.3. The van der Waals surface area contributed by atoms with Gasteiger partial charge in [0.05, 0.1) is 33.8 Å². The van der Waals surface area contributed by atoms with E-state index in [0.29, 0.717) is 17.4 Å². The SMILES string of the molecule is CCCCCCCCCCC/C=C/C(OC(=O)CCCCCCCCCCCCCCCCCCCCCCCCC)C(COP(=O)([O-])OCC[N+](C)(C)C)NC(=O)CCCCCCCCCCCCCCCCCCCCCCCCC. The van der Waals surface area contributed by atoms with Gasteiger partial charge >= 0.3 is 5.97 Å². The number of amides is 1. The molecule has 3 unspecified atom stereocenters. The van der Waals surface area contributed by atoms with Crippen LogP contribution in [0.1, 0.15) is 393 Å². The predicted molar refractivity (Wildman–Crippen MR) is 358 cm³/mol. The number of hydrogen-bond donors (Lipinski definition) is 1. The van der Waals surface area contributed by atoms with Crippen molar-refractivity contribution in [2.45, 2.75) is 405 Å². The molecule has 0 aromatic rings. The smallest absolute Gasteiger partial charge is 0.306 e. The first-order valence-electron chi connectivity index (χ1n) is 37.0. The summed E-state index contributed by atoms with van der Waals surface area (Å²) in [6, 6.07) is -0.881. The number of likely N-dealkylation sites (N-methyl/N-ethyl adjacent to an activating group) is 1. The Bertz CT molecular complexity index is 1420. The topological polar surface area (TPSA) is 114 Å². The highest BCUT2D eigenvalue weighted by Gasteiger charge is 2.27. The molecule has 1 amide bonds. The van der Waals surface area contributed by atoms with Gasteiger partial charge in [-0.3, -0.25) is 14.2 Å². The van der Waals surface area contributed by atoms with Crippen LogP contribution in [0.3, 0.4) is 0 Å². The highest BCUT2D eigenvalue weighted by atomic mass is 31.2. The second kappa shape index (κ2) is 63.8. The van der Waals surface area contributed by atoms with Crippen LogP contribution in [0.2, 0.25) is 0 Å². The second-order valence-corrected chi connectivity index (χ2v) is 28.2. The zero-order valence-corrected chi connectivity index (χ0v) is 57.6. The molecule has 0 saturated carbocycles. The van der Waals surface area contributed by atoms with Crippen molar-refractivity contribution >= 4 is 19.7 Å². The highest BCUT2D eigenvalue weighted by Crippen LogP contribution is 2.38. The monoisotopic (exact) mass is 1190 g/mol. The van der Waals surface area contributed by atoms with Gasteiger partial charge < -0.3 is 28.5 Å². The van der Waals surface area contributed by atoms with Crippen LogP contribution in [0.25, 0.3) is 0 Å². The Morgan fingerprint density at radius 2 is 0.687 bits per heavy atom. The average molecular weight is 1190 g/mol. The summed E-state index contributed by atoms with van der Waals surface area (Å²) >= 11 is 0. The molecular weight excluding hydrogens is 1050 g/mol. The maximum absolute atomic E-state index is 13.6. The van der Waals surface area contributed by atoms with E-state index in [2.05, 4.69) is 26.1 Å².